The van der Waals surface area contributed by atoms with Crippen LogP contribution in [0.1, 0.15) is 25.3 Å². The predicted octanol–water partition coefficient (Wildman–Crippen LogP) is 3.83. The van der Waals surface area contributed by atoms with Crippen molar-refractivity contribution in [3.63, 3.8) is 0 Å². The Bertz CT molecular complexity index is 642. The molecule has 2 aromatic rings. The van der Waals surface area contributed by atoms with Gasteiger partial charge in [-0.15, -0.1) is 0 Å². The van der Waals surface area contributed by atoms with Gasteiger partial charge in [0.1, 0.15) is 11.9 Å². The molecule has 1 aromatic carbocycles. The number of aromatic nitrogens is 1. The van der Waals surface area contributed by atoms with Gasteiger partial charge in [0, 0.05) is 31.5 Å². The summed E-state index contributed by atoms with van der Waals surface area (Å²) in [4.78, 5) is 6.70. The number of benzene rings is 1. The van der Waals surface area contributed by atoms with Gasteiger partial charge < -0.3 is 14.4 Å². The van der Waals surface area contributed by atoms with Crippen LogP contribution >= 0.6 is 0 Å². The molecule has 2 heterocycles. The van der Waals surface area contributed by atoms with E-state index in [1.807, 2.05) is 24.4 Å². The third kappa shape index (κ3) is 3.58. The molecule has 1 aliphatic rings. The van der Waals surface area contributed by atoms with Crippen LogP contribution in [0.15, 0.2) is 42.6 Å². The van der Waals surface area contributed by atoms with E-state index in [2.05, 4.69) is 41.9 Å². The second-order valence-electron chi connectivity index (χ2n) is 6.13. The Morgan fingerprint density at radius 1 is 1.17 bits per heavy atom. The largest absolute Gasteiger partial charge is 0.490 e. The molecule has 1 aromatic heterocycles. The number of piperidine rings is 1. The first-order valence-electron chi connectivity index (χ1n) is 8.16. The highest BCUT2D eigenvalue weighted by atomic mass is 16.5. The Morgan fingerprint density at radius 3 is 2.65 bits per heavy atom. The second-order valence-corrected chi connectivity index (χ2v) is 6.13. The van der Waals surface area contributed by atoms with E-state index < -0.39 is 0 Å². The molecule has 4 nitrogen and oxygen atoms in total. The molecule has 23 heavy (non-hydrogen) atoms. The Hall–Kier alpha value is -2.23. The van der Waals surface area contributed by atoms with E-state index in [1.54, 1.807) is 7.11 Å². The number of para-hydroxylation sites is 1. The summed E-state index contributed by atoms with van der Waals surface area (Å²) in [7, 11) is 1.64. The van der Waals surface area contributed by atoms with Crippen LogP contribution < -0.4 is 14.4 Å². The van der Waals surface area contributed by atoms with Crippen molar-refractivity contribution in [1.29, 1.82) is 0 Å². The standard InChI is InChI=1S/C19H24N2O2/c1-14-6-4-5-7-18(14)23-17-10-11-21(15(2)12-17)16-8-9-19(22-3)20-13-16/h4-9,13,15,17H,10-12H2,1-3H3. The smallest absolute Gasteiger partial charge is 0.213 e. The maximum Gasteiger partial charge on any atom is 0.213 e. The third-order valence-electron chi connectivity index (χ3n) is 4.48. The predicted molar refractivity (Wildman–Crippen MR) is 92.4 cm³/mol. The first-order valence-corrected chi connectivity index (χ1v) is 8.16. The number of hydrogen-bond donors (Lipinski definition) is 0. The highest BCUT2D eigenvalue weighted by molar-refractivity contribution is 5.47. The van der Waals surface area contributed by atoms with Crippen LogP contribution in [0, 0.1) is 6.92 Å². The van der Waals surface area contributed by atoms with Gasteiger partial charge in [-0.1, -0.05) is 18.2 Å². The number of ether oxygens (including phenoxy) is 2. The summed E-state index contributed by atoms with van der Waals surface area (Å²) in [5, 5.41) is 0. The molecule has 0 spiro atoms. The molecule has 0 amide bonds. The van der Waals surface area contributed by atoms with Crippen molar-refractivity contribution in [2.24, 2.45) is 0 Å². The number of hydrogen-bond acceptors (Lipinski definition) is 4. The molecule has 1 aliphatic heterocycles. The zero-order valence-electron chi connectivity index (χ0n) is 14.0. The van der Waals surface area contributed by atoms with Crippen LogP contribution in [-0.2, 0) is 0 Å². The highest BCUT2D eigenvalue weighted by Crippen LogP contribution is 2.28. The molecule has 2 atom stereocenters. The fourth-order valence-corrected chi connectivity index (χ4v) is 3.15. The summed E-state index contributed by atoms with van der Waals surface area (Å²) in [6.07, 6.45) is 4.19. The van der Waals surface area contributed by atoms with Crippen LogP contribution in [0.5, 0.6) is 11.6 Å². The van der Waals surface area contributed by atoms with E-state index in [4.69, 9.17) is 9.47 Å². The van der Waals surface area contributed by atoms with Gasteiger partial charge in [0.25, 0.3) is 0 Å². The van der Waals surface area contributed by atoms with Gasteiger partial charge in [-0.3, -0.25) is 0 Å². The van der Waals surface area contributed by atoms with E-state index >= 15 is 0 Å². The van der Waals surface area contributed by atoms with E-state index in [9.17, 15) is 0 Å². The average molecular weight is 312 g/mol. The van der Waals surface area contributed by atoms with E-state index in [-0.39, 0.29) is 6.10 Å². The van der Waals surface area contributed by atoms with Gasteiger partial charge in [0.15, 0.2) is 0 Å². The van der Waals surface area contributed by atoms with Crippen LogP contribution in [-0.4, -0.2) is 30.8 Å². The monoisotopic (exact) mass is 312 g/mol. The summed E-state index contributed by atoms with van der Waals surface area (Å²) in [5.41, 5.74) is 2.34. The van der Waals surface area contributed by atoms with E-state index in [1.165, 1.54) is 5.56 Å². The van der Waals surface area contributed by atoms with Crippen molar-refractivity contribution in [3.05, 3.63) is 48.2 Å². The number of pyridine rings is 1. The SMILES string of the molecule is COc1ccc(N2CCC(Oc3ccccc3C)CC2C)cn1. The number of methoxy groups -OCH3 is 1. The van der Waals surface area contributed by atoms with Crippen molar-refractivity contribution in [2.45, 2.75) is 38.8 Å². The highest BCUT2D eigenvalue weighted by Gasteiger charge is 2.27. The lowest BCUT2D eigenvalue weighted by atomic mass is 10.00. The zero-order valence-corrected chi connectivity index (χ0v) is 14.0. The van der Waals surface area contributed by atoms with Crippen LogP contribution in [0.4, 0.5) is 5.69 Å². The molecule has 122 valence electrons. The molecule has 2 unspecified atom stereocenters. The lowest BCUT2D eigenvalue weighted by Gasteiger charge is -2.39. The number of aryl methyl sites for hydroxylation is 1. The molecule has 3 rings (SSSR count). The number of rotatable bonds is 4. The average Bonchev–Trinajstić information content (AvgIpc) is 2.57. The molecule has 0 bridgehead atoms. The van der Waals surface area contributed by atoms with Gasteiger partial charge >= 0.3 is 0 Å². The first-order chi connectivity index (χ1) is 11.2. The van der Waals surface area contributed by atoms with Gasteiger partial charge in [-0.2, -0.15) is 0 Å². The molecule has 0 aliphatic carbocycles. The van der Waals surface area contributed by atoms with Crippen molar-refractivity contribution in [3.8, 4) is 11.6 Å². The number of anilines is 1. The molecule has 0 saturated carbocycles. The minimum absolute atomic E-state index is 0.272. The van der Waals surface area contributed by atoms with Gasteiger partial charge in [-0.05, 0) is 31.5 Å². The summed E-state index contributed by atoms with van der Waals surface area (Å²) in [6, 6.07) is 12.6. The Labute approximate surface area is 138 Å². The van der Waals surface area contributed by atoms with Gasteiger partial charge in [-0.25, -0.2) is 4.98 Å². The van der Waals surface area contributed by atoms with E-state index in [0.717, 1.165) is 30.8 Å². The summed E-state index contributed by atoms with van der Waals surface area (Å²) < 4.78 is 11.3. The topological polar surface area (TPSA) is 34.6 Å². The summed E-state index contributed by atoms with van der Waals surface area (Å²) in [5.74, 6) is 1.66. The molecular weight excluding hydrogens is 288 g/mol. The molecule has 1 fully saturated rings. The quantitative estimate of drug-likeness (QED) is 0.859. The molecule has 4 heteroatoms. The maximum absolute atomic E-state index is 6.21. The Kier molecular flexibility index (Phi) is 4.70. The number of nitrogens with zero attached hydrogens (tertiary/aromatic N) is 2. The third-order valence-corrected chi connectivity index (χ3v) is 4.48. The van der Waals surface area contributed by atoms with Gasteiger partial charge in [0.05, 0.1) is 19.0 Å². The zero-order chi connectivity index (χ0) is 16.2. The molecule has 1 saturated heterocycles. The van der Waals surface area contributed by atoms with Crippen molar-refractivity contribution >= 4 is 5.69 Å². The van der Waals surface area contributed by atoms with Crippen LogP contribution in [0.2, 0.25) is 0 Å². The summed E-state index contributed by atoms with van der Waals surface area (Å²) >= 11 is 0. The van der Waals surface area contributed by atoms with Crippen LogP contribution in [0.3, 0.4) is 0 Å². The van der Waals surface area contributed by atoms with Crippen molar-refractivity contribution < 1.29 is 9.47 Å². The van der Waals surface area contributed by atoms with Crippen molar-refractivity contribution in [2.75, 3.05) is 18.6 Å². The van der Waals surface area contributed by atoms with Gasteiger partial charge in [0.2, 0.25) is 5.88 Å². The first kappa shape index (κ1) is 15.7. The summed E-state index contributed by atoms with van der Waals surface area (Å²) in [6.45, 7) is 5.32. The minimum Gasteiger partial charge on any atom is -0.490 e. The fourth-order valence-electron chi connectivity index (χ4n) is 3.15. The molecular formula is C19H24N2O2. The normalized spacial score (nSPS) is 21.1. The molecule has 0 N–H and O–H groups in total. The Balaban J connectivity index is 1.64. The second kappa shape index (κ2) is 6.90. The Morgan fingerprint density at radius 2 is 2.00 bits per heavy atom. The lowest BCUT2D eigenvalue weighted by Crippen LogP contribution is -2.44. The fraction of sp³-hybridized carbons (Fsp3) is 0.421. The molecule has 0 radical (unpaired) electrons. The maximum atomic E-state index is 6.21. The van der Waals surface area contributed by atoms with Crippen molar-refractivity contribution in [1.82, 2.24) is 4.98 Å². The van der Waals surface area contributed by atoms with Crippen LogP contribution in [0.25, 0.3) is 0 Å². The lowest BCUT2D eigenvalue weighted by molar-refractivity contribution is 0.155. The minimum atomic E-state index is 0.272. The van der Waals surface area contributed by atoms with E-state index in [0.29, 0.717) is 11.9 Å².